The molecule has 21 heavy (non-hydrogen) atoms. The Kier molecular flexibility index (Phi) is 3.52. The topological polar surface area (TPSA) is 47.3 Å². The highest BCUT2D eigenvalue weighted by molar-refractivity contribution is 5.82. The molecule has 0 saturated carbocycles. The van der Waals surface area contributed by atoms with E-state index in [1.165, 1.54) is 0 Å². The third-order valence-electron chi connectivity index (χ3n) is 3.51. The molecule has 1 N–H and O–H groups in total. The fourth-order valence-electron chi connectivity index (χ4n) is 2.55. The van der Waals surface area contributed by atoms with Gasteiger partial charge in [-0.15, -0.1) is 0 Å². The van der Waals surface area contributed by atoms with Crippen molar-refractivity contribution in [1.29, 1.82) is 0 Å². The molecule has 4 heteroatoms. The molecule has 0 fully saturated rings. The second-order valence-electron chi connectivity index (χ2n) is 4.99. The maximum absolute atomic E-state index is 9.70. The summed E-state index contributed by atoms with van der Waals surface area (Å²) >= 11 is 0. The highest BCUT2D eigenvalue weighted by Gasteiger charge is 2.13. The van der Waals surface area contributed by atoms with E-state index in [4.69, 9.17) is 9.72 Å². The zero-order valence-electron chi connectivity index (χ0n) is 12.2. The first kappa shape index (κ1) is 13.5. The maximum atomic E-state index is 9.70. The molecule has 0 aliphatic rings. The fourth-order valence-corrected chi connectivity index (χ4v) is 2.55. The van der Waals surface area contributed by atoms with E-state index >= 15 is 0 Å². The van der Waals surface area contributed by atoms with E-state index in [-0.39, 0.29) is 5.75 Å². The Balaban J connectivity index is 2.23. The van der Waals surface area contributed by atoms with Crippen LogP contribution in [0.2, 0.25) is 0 Å². The molecular weight excluding hydrogens is 264 g/mol. The van der Waals surface area contributed by atoms with Gasteiger partial charge >= 0.3 is 0 Å². The smallest absolute Gasteiger partial charge is 0.141 e. The molecule has 0 radical (unpaired) electrons. The lowest BCUT2D eigenvalue weighted by Gasteiger charge is -2.08. The van der Waals surface area contributed by atoms with Crippen LogP contribution in [0.15, 0.2) is 42.5 Å². The summed E-state index contributed by atoms with van der Waals surface area (Å²) in [6.45, 7) is 3.02. The molecule has 3 aromatic rings. The molecule has 4 nitrogen and oxygen atoms in total. The maximum Gasteiger partial charge on any atom is 0.141 e. The highest BCUT2D eigenvalue weighted by Crippen LogP contribution is 2.29. The number of aromatic nitrogens is 2. The van der Waals surface area contributed by atoms with Crippen molar-refractivity contribution in [3.05, 3.63) is 42.5 Å². The zero-order chi connectivity index (χ0) is 14.8. The van der Waals surface area contributed by atoms with E-state index in [0.717, 1.165) is 41.1 Å². The number of aryl methyl sites for hydroxylation is 1. The van der Waals surface area contributed by atoms with E-state index < -0.39 is 0 Å². The SMILES string of the molecule is CCCn1c(-c2cccc(O)c2)nc2cc(OC)ccc21. The lowest BCUT2D eigenvalue weighted by atomic mass is 10.2. The standard InChI is InChI=1S/C17H18N2O2/c1-3-9-19-16-8-7-14(21-2)11-15(16)18-17(19)12-5-4-6-13(20)10-12/h4-8,10-11,20H,3,9H2,1-2H3. The second-order valence-corrected chi connectivity index (χ2v) is 4.99. The van der Waals surface area contributed by atoms with Crippen LogP contribution >= 0.6 is 0 Å². The largest absolute Gasteiger partial charge is 0.508 e. The van der Waals surface area contributed by atoms with Crippen molar-refractivity contribution < 1.29 is 9.84 Å². The molecule has 2 aromatic carbocycles. The molecule has 0 unspecified atom stereocenters. The molecule has 1 aromatic heterocycles. The van der Waals surface area contributed by atoms with Crippen molar-refractivity contribution in [3.8, 4) is 22.9 Å². The normalized spacial score (nSPS) is 11.0. The number of ether oxygens (including phenoxy) is 1. The Morgan fingerprint density at radius 1 is 1.19 bits per heavy atom. The van der Waals surface area contributed by atoms with Crippen molar-refractivity contribution in [2.24, 2.45) is 0 Å². The van der Waals surface area contributed by atoms with Gasteiger partial charge in [-0.05, 0) is 30.7 Å². The van der Waals surface area contributed by atoms with Crippen LogP contribution in [0.1, 0.15) is 13.3 Å². The Bertz CT molecular complexity index is 778. The molecule has 108 valence electrons. The lowest BCUT2D eigenvalue weighted by molar-refractivity contribution is 0.415. The summed E-state index contributed by atoms with van der Waals surface area (Å²) in [6, 6.07) is 13.1. The third kappa shape index (κ3) is 2.44. The predicted molar refractivity (Wildman–Crippen MR) is 83.7 cm³/mol. The summed E-state index contributed by atoms with van der Waals surface area (Å²) in [5, 5.41) is 9.70. The van der Waals surface area contributed by atoms with Crippen LogP contribution < -0.4 is 4.74 Å². The van der Waals surface area contributed by atoms with Gasteiger partial charge in [-0.3, -0.25) is 0 Å². The average Bonchev–Trinajstić information content (AvgIpc) is 2.85. The number of phenolic OH excluding ortho intramolecular Hbond substituents is 1. The third-order valence-corrected chi connectivity index (χ3v) is 3.51. The Labute approximate surface area is 123 Å². The summed E-state index contributed by atoms with van der Waals surface area (Å²) in [7, 11) is 1.65. The van der Waals surface area contributed by atoms with Crippen LogP contribution in [-0.4, -0.2) is 21.8 Å². The fraction of sp³-hybridized carbons (Fsp3) is 0.235. The number of imidazole rings is 1. The highest BCUT2D eigenvalue weighted by atomic mass is 16.5. The van der Waals surface area contributed by atoms with Crippen LogP contribution in [0.25, 0.3) is 22.4 Å². The first-order valence-electron chi connectivity index (χ1n) is 7.06. The van der Waals surface area contributed by atoms with Crippen LogP contribution in [0.4, 0.5) is 0 Å². The van der Waals surface area contributed by atoms with Crippen LogP contribution in [-0.2, 0) is 6.54 Å². The number of rotatable bonds is 4. The van der Waals surface area contributed by atoms with Gasteiger partial charge in [0.25, 0.3) is 0 Å². The van der Waals surface area contributed by atoms with Crippen LogP contribution in [0.3, 0.4) is 0 Å². The van der Waals surface area contributed by atoms with Crippen molar-refractivity contribution in [1.82, 2.24) is 9.55 Å². The van der Waals surface area contributed by atoms with E-state index in [9.17, 15) is 5.11 Å². The van der Waals surface area contributed by atoms with Gasteiger partial charge in [-0.1, -0.05) is 19.1 Å². The lowest BCUT2D eigenvalue weighted by Crippen LogP contribution is -1.99. The molecule has 0 bridgehead atoms. The molecular formula is C17H18N2O2. The van der Waals surface area contributed by atoms with Crippen molar-refractivity contribution in [2.45, 2.75) is 19.9 Å². The predicted octanol–water partition coefficient (Wildman–Crippen LogP) is 3.83. The molecule has 0 aliphatic heterocycles. The quantitative estimate of drug-likeness (QED) is 0.791. The number of fused-ring (bicyclic) bond motifs is 1. The summed E-state index contributed by atoms with van der Waals surface area (Å²) in [6.07, 6.45) is 1.02. The Morgan fingerprint density at radius 2 is 2.05 bits per heavy atom. The number of hydrogen-bond acceptors (Lipinski definition) is 3. The summed E-state index contributed by atoms with van der Waals surface area (Å²) in [5.74, 6) is 1.92. The summed E-state index contributed by atoms with van der Waals surface area (Å²) in [5.41, 5.74) is 2.90. The first-order valence-corrected chi connectivity index (χ1v) is 7.06. The van der Waals surface area contributed by atoms with Gasteiger partial charge in [-0.25, -0.2) is 4.98 Å². The molecule has 1 heterocycles. The van der Waals surface area contributed by atoms with E-state index in [2.05, 4.69) is 11.5 Å². The van der Waals surface area contributed by atoms with E-state index in [0.29, 0.717) is 0 Å². The van der Waals surface area contributed by atoms with Gasteiger partial charge in [0.05, 0.1) is 18.1 Å². The Hall–Kier alpha value is -2.49. The number of benzene rings is 2. The van der Waals surface area contributed by atoms with Gasteiger partial charge in [0.15, 0.2) is 0 Å². The van der Waals surface area contributed by atoms with Crippen LogP contribution in [0, 0.1) is 0 Å². The van der Waals surface area contributed by atoms with Gasteiger partial charge < -0.3 is 14.4 Å². The van der Waals surface area contributed by atoms with Crippen molar-refractivity contribution >= 4 is 11.0 Å². The molecule has 3 rings (SSSR count). The minimum Gasteiger partial charge on any atom is -0.508 e. The Morgan fingerprint density at radius 3 is 2.76 bits per heavy atom. The van der Waals surface area contributed by atoms with Crippen molar-refractivity contribution in [2.75, 3.05) is 7.11 Å². The average molecular weight is 282 g/mol. The van der Waals surface area contributed by atoms with Gasteiger partial charge in [0.2, 0.25) is 0 Å². The van der Waals surface area contributed by atoms with E-state index in [1.807, 2.05) is 30.3 Å². The van der Waals surface area contributed by atoms with Gasteiger partial charge in [-0.2, -0.15) is 0 Å². The molecule has 0 saturated heterocycles. The molecule has 0 amide bonds. The molecule has 0 atom stereocenters. The number of methoxy groups -OCH3 is 1. The number of aromatic hydroxyl groups is 1. The monoisotopic (exact) mass is 282 g/mol. The number of hydrogen-bond donors (Lipinski definition) is 1. The second kappa shape index (κ2) is 5.48. The van der Waals surface area contributed by atoms with Gasteiger partial charge in [0.1, 0.15) is 17.3 Å². The minimum absolute atomic E-state index is 0.250. The van der Waals surface area contributed by atoms with E-state index in [1.54, 1.807) is 19.2 Å². The van der Waals surface area contributed by atoms with Crippen LogP contribution in [0.5, 0.6) is 11.5 Å². The minimum atomic E-state index is 0.250. The zero-order valence-corrected chi connectivity index (χ0v) is 12.2. The first-order chi connectivity index (χ1) is 10.2. The molecule has 0 spiro atoms. The van der Waals surface area contributed by atoms with Gasteiger partial charge in [0, 0.05) is 18.2 Å². The summed E-state index contributed by atoms with van der Waals surface area (Å²) < 4.78 is 7.45. The number of phenols is 1. The number of nitrogens with zero attached hydrogens (tertiary/aromatic N) is 2. The van der Waals surface area contributed by atoms with Crippen molar-refractivity contribution in [3.63, 3.8) is 0 Å². The molecule has 0 aliphatic carbocycles. The summed E-state index contributed by atoms with van der Waals surface area (Å²) in [4.78, 5) is 4.72.